The minimum absolute atomic E-state index is 0.718. The Morgan fingerprint density at radius 1 is 1.38 bits per heavy atom. The van der Waals surface area contributed by atoms with Crippen molar-refractivity contribution in [2.24, 2.45) is 0 Å². The van der Waals surface area contributed by atoms with Crippen LogP contribution in [0.4, 0.5) is 0 Å². The number of nitrogens with one attached hydrogen (secondary N) is 1. The maximum atomic E-state index is 5.02. The average molecular weight is 224 g/mol. The van der Waals surface area contributed by atoms with Crippen molar-refractivity contribution in [2.45, 2.75) is 39.3 Å². The van der Waals surface area contributed by atoms with Gasteiger partial charge < -0.3 is 14.6 Å². The summed E-state index contributed by atoms with van der Waals surface area (Å²) in [5.41, 5.74) is 1.21. The lowest BCUT2D eigenvalue weighted by Gasteiger charge is -2.25. The van der Waals surface area contributed by atoms with E-state index in [1.807, 2.05) is 6.07 Å². The first kappa shape index (κ1) is 13.3. The Hall–Kier alpha value is -0.800. The van der Waals surface area contributed by atoms with Gasteiger partial charge in [0, 0.05) is 31.2 Å². The molecule has 0 fully saturated rings. The highest BCUT2D eigenvalue weighted by molar-refractivity contribution is 5.04. The summed E-state index contributed by atoms with van der Waals surface area (Å²) in [5, 5.41) is 3.42. The van der Waals surface area contributed by atoms with Crippen LogP contribution in [-0.2, 0) is 6.54 Å². The molecule has 0 atom stereocenters. The Balaban J connectivity index is 2.10. The smallest absolute Gasteiger partial charge is 0.0947 e. The highest BCUT2D eigenvalue weighted by Gasteiger charge is 2.08. The van der Waals surface area contributed by atoms with Gasteiger partial charge >= 0.3 is 0 Å². The van der Waals surface area contributed by atoms with E-state index in [4.69, 9.17) is 4.42 Å². The summed E-state index contributed by atoms with van der Waals surface area (Å²) in [5.74, 6) is 0. The van der Waals surface area contributed by atoms with Gasteiger partial charge in [-0.05, 0) is 26.0 Å². The van der Waals surface area contributed by atoms with Crippen LogP contribution in [-0.4, -0.2) is 31.1 Å². The molecule has 3 heteroatoms. The lowest BCUT2D eigenvalue weighted by Crippen LogP contribution is -2.36. The molecule has 1 heterocycles. The molecule has 3 nitrogen and oxygen atoms in total. The Morgan fingerprint density at radius 2 is 2.12 bits per heavy atom. The predicted molar refractivity (Wildman–Crippen MR) is 67.4 cm³/mol. The van der Waals surface area contributed by atoms with Gasteiger partial charge in [0.05, 0.1) is 12.5 Å². The molecule has 0 saturated carbocycles. The second kappa shape index (κ2) is 7.47. The van der Waals surface area contributed by atoms with Gasteiger partial charge in [-0.1, -0.05) is 13.8 Å². The van der Waals surface area contributed by atoms with Gasteiger partial charge in [-0.2, -0.15) is 0 Å². The van der Waals surface area contributed by atoms with Gasteiger partial charge in [0.15, 0.2) is 0 Å². The Morgan fingerprint density at radius 3 is 2.69 bits per heavy atom. The summed E-state index contributed by atoms with van der Waals surface area (Å²) in [7, 11) is 2.21. The van der Waals surface area contributed by atoms with Crippen molar-refractivity contribution in [3.8, 4) is 0 Å². The molecule has 1 aromatic rings. The normalized spacial score (nSPS) is 11.6. The minimum Gasteiger partial charge on any atom is -0.472 e. The molecule has 0 bridgehead atoms. The molecular formula is C13H24N2O. The molecule has 0 aromatic carbocycles. The van der Waals surface area contributed by atoms with Crippen molar-refractivity contribution in [3.63, 3.8) is 0 Å². The van der Waals surface area contributed by atoms with E-state index in [1.54, 1.807) is 12.5 Å². The molecule has 16 heavy (non-hydrogen) atoms. The van der Waals surface area contributed by atoms with E-state index in [2.05, 4.69) is 31.1 Å². The lowest BCUT2D eigenvalue weighted by molar-refractivity contribution is 0.230. The van der Waals surface area contributed by atoms with Crippen molar-refractivity contribution in [1.29, 1.82) is 0 Å². The van der Waals surface area contributed by atoms with E-state index in [0.29, 0.717) is 0 Å². The Kier molecular flexibility index (Phi) is 6.19. The molecule has 1 rings (SSSR count). The zero-order chi connectivity index (χ0) is 11.8. The van der Waals surface area contributed by atoms with E-state index in [0.717, 1.165) is 25.7 Å². The van der Waals surface area contributed by atoms with Crippen LogP contribution in [0.2, 0.25) is 0 Å². The SMILES string of the molecule is CCC(CC)N(C)CCNCc1ccoc1. The molecule has 0 aliphatic heterocycles. The summed E-state index contributed by atoms with van der Waals surface area (Å²) in [6.07, 6.45) is 5.97. The predicted octanol–water partition coefficient (Wildman–Crippen LogP) is 2.49. The number of rotatable bonds is 8. The van der Waals surface area contributed by atoms with Gasteiger partial charge in [0.2, 0.25) is 0 Å². The third kappa shape index (κ3) is 4.37. The zero-order valence-corrected chi connectivity index (χ0v) is 10.7. The fourth-order valence-corrected chi connectivity index (χ4v) is 1.98. The molecule has 1 N–H and O–H groups in total. The number of hydrogen-bond acceptors (Lipinski definition) is 3. The topological polar surface area (TPSA) is 28.4 Å². The van der Waals surface area contributed by atoms with E-state index in [9.17, 15) is 0 Å². The van der Waals surface area contributed by atoms with Crippen LogP contribution in [0.3, 0.4) is 0 Å². The third-order valence-electron chi connectivity index (χ3n) is 3.12. The molecule has 0 unspecified atom stereocenters. The summed E-state index contributed by atoms with van der Waals surface area (Å²) in [6, 6.07) is 2.72. The second-order valence-corrected chi connectivity index (χ2v) is 4.26. The third-order valence-corrected chi connectivity index (χ3v) is 3.12. The van der Waals surface area contributed by atoms with Crippen LogP contribution < -0.4 is 5.32 Å². The summed E-state index contributed by atoms with van der Waals surface area (Å²) >= 11 is 0. The Bertz CT molecular complexity index is 255. The largest absolute Gasteiger partial charge is 0.472 e. The quantitative estimate of drug-likeness (QED) is 0.688. The molecule has 0 spiro atoms. The van der Waals surface area contributed by atoms with E-state index in [-0.39, 0.29) is 0 Å². The molecule has 0 aliphatic rings. The molecule has 0 amide bonds. The highest BCUT2D eigenvalue weighted by Crippen LogP contribution is 2.04. The van der Waals surface area contributed by atoms with Gasteiger partial charge in [0.1, 0.15) is 0 Å². The van der Waals surface area contributed by atoms with Crippen LogP contribution in [0, 0.1) is 0 Å². The van der Waals surface area contributed by atoms with E-state index >= 15 is 0 Å². The van der Waals surface area contributed by atoms with Crippen LogP contribution in [0.25, 0.3) is 0 Å². The molecule has 0 saturated heterocycles. The van der Waals surface area contributed by atoms with Gasteiger partial charge in [-0.3, -0.25) is 0 Å². The number of hydrogen-bond donors (Lipinski definition) is 1. The highest BCUT2D eigenvalue weighted by atomic mass is 16.3. The Labute approximate surface area is 98.8 Å². The maximum Gasteiger partial charge on any atom is 0.0947 e. The number of likely N-dealkylation sites (N-methyl/N-ethyl adjacent to an activating group) is 1. The first-order valence-corrected chi connectivity index (χ1v) is 6.20. The number of furan rings is 1. The molecule has 1 aromatic heterocycles. The van der Waals surface area contributed by atoms with Crippen LogP contribution >= 0.6 is 0 Å². The fraction of sp³-hybridized carbons (Fsp3) is 0.692. The van der Waals surface area contributed by atoms with E-state index < -0.39 is 0 Å². The van der Waals surface area contributed by atoms with Crippen molar-refractivity contribution in [2.75, 3.05) is 20.1 Å². The summed E-state index contributed by atoms with van der Waals surface area (Å²) < 4.78 is 5.02. The van der Waals surface area contributed by atoms with Gasteiger partial charge in [-0.15, -0.1) is 0 Å². The van der Waals surface area contributed by atoms with Crippen molar-refractivity contribution >= 4 is 0 Å². The van der Waals surface area contributed by atoms with Gasteiger partial charge in [-0.25, -0.2) is 0 Å². The average Bonchev–Trinajstić information content (AvgIpc) is 2.79. The standard InChI is InChI=1S/C13H24N2O/c1-4-13(5-2)15(3)8-7-14-10-12-6-9-16-11-12/h6,9,11,13-14H,4-5,7-8,10H2,1-3H3. The van der Waals surface area contributed by atoms with Crippen molar-refractivity contribution in [3.05, 3.63) is 24.2 Å². The molecule has 92 valence electrons. The molecule has 0 radical (unpaired) electrons. The van der Waals surface area contributed by atoms with Crippen molar-refractivity contribution < 1.29 is 4.42 Å². The summed E-state index contributed by atoms with van der Waals surface area (Å²) in [4.78, 5) is 2.43. The van der Waals surface area contributed by atoms with Gasteiger partial charge in [0.25, 0.3) is 0 Å². The lowest BCUT2D eigenvalue weighted by atomic mass is 10.1. The zero-order valence-electron chi connectivity index (χ0n) is 10.7. The minimum atomic E-state index is 0.718. The monoisotopic (exact) mass is 224 g/mol. The molecular weight excluding hydrogens is 200 g/mol. The number of nitrogens with zero attached hydrogens (tertiary/aromatic N) is 1. The first-order chi connectivity index (χ1) is 7.77. The van der Waals surface area contributed by atoms with E-state index in [1.165, 1.54) is 18.4 Å². The second-order valence-electron chi connectivity index (χ2n) is 4.26. The first-order valence-electron chi connectivity index (χ1n) is 6.20. The van der Waals surface area contributed by atoms with Crippen molar-refractivity contribution in [1.82, 2.24) is 10.2 Å². The summed E-state index contributed by atoms with van der Waals surface area (Å²) in [6.45, 7) is 7.53. The van der Waals surface area contributed by atoms with Crippen LogP contribution in [0.15, 0.2) is 23.0 Å². The molecule has 0 aliphatic carbocycles. The van der Waals surface area contributed by atoms with Crippen LogP contribution in [0.1, 0.15) is 32.3 Å². The maximum absolute atomic E-state index is 5.02. The van der Waals surface area contributed by atoms with Crippen LogP contribution in [0.5, 0.6) is 0 Å². The fourth-order valence-electron chi connectivity index (χ4n) is 1.98.